The molecule has 1 aliphatic rings. The normalized spacial score (nSPS) is 21.7. The Morgan fingerprint density at radius 1 is 1.28 bits per heavy atom. The first-order chi connectivity index (χ1) is 11.5. The second-order valence-corrected chi connectivity index (χ2v) is 6.87. The van der Waals surface area contributed by atoms with Crippen molar-refractivity contribution in [1.82, 2.24) is 15.5 Å². The highest BCUT2D eigenvalue weighted by Crippen LogP contribution is 2.25. The van der Waals surface area contributed by atoms with Crippen molar-refractivity contribution in [3.8, 4) is 0 Å². The molecule has 25 heavy (non-hydrogen) atoms. The van der Waals surface area contributed by atoms with Gasteiger partial charge in [-0.05, 0) is 46.3 Å². The summed E-state index contributed by atoms with van der Waals surface area (Å²) in [5.41, 5.74) is 1.19. The summed E-state index contributed by atoms with van der Waals surface area (Å²) in [6, 6.07) is 10.9. The second-order valence-electron chi connectivity index (χ2n) is 6.87. The highest BCUT2D eigenvalue weighted by atomic mass is 127. The van der Waals surface area contributed by atoms with Crippen molar-refractivity contribution in [3.05, 3.63) is 35.9 Å². The lowest BCUT2D eigenvalue weighted by atomic mass is 10.0. The number of guanidine groups is 1. The number of ether oxygens (including phenoxy) is 1. The number of halogens is 1. The van der Waals surface area contributed by atoms with E-state index in [0.29, 0.717) is 12.6 Å². The number of nitrogens with zero attached hydrogens (tertiary/aromatic N) is 2. The summed E-state index contributed by atoms with van der Waals surface area (Å²) < 4.78 is 5.83. The average Bonchev–Trinajstić information content (AvgIpc) is 3.00. The van der Waals surface area contributed by atoms with Gasteiger partial charge in [0, 0.05) is 19.7 Å². The van der Waals surface area contributed by atoms with E-state index in [1.54, 1.807) is 0 Å². The van der Waals surface area contributed by atoms with E-state index >= 15 is 0 Å². The van der Waals surface area contributed by atoms with Crippen LogP contribution < -0.4 is 10.6 Å². The molecule has 1 fully saturated rings. The monoisotopic (exact) mass is 460 g/mol. The molecular formula is C19H33IN4O. The van der Waals surface area contributed by atoms with E-state index in [-0.39, 0.29) is 29.6 Å². The topological polar surface area (TPSA) is 48.9 Å². The molecule has 1 aromatic carbocycles. The predicted molar refractivity (Wildman–Crippen MR) is 116 cm³/mol. The maximum atomic E-state index is 5.83. The first-order valence-electron chi connectivity index (χ1n) is 8.91. The standard InChI is InChI=1S/C19H32N4O.HI/c1-5-20-18(22-15-19(2)12-9-13-24-19)21-14-17(23(3)4)16-10-7-6-8-11-16;/h6-8,10-11,17H,5,9,12-15H2,1-4H3,(H2,20,21,22);1H. The fourth-order valence-electron chi connectivity index (χ4n) is 3.02. The number of nitrogens with one attached hydrogen (secondary N) is 2. The smallest absolute Gasteiger partial charge is 0.191 e. The summed E-state index contributed by atoms with van der Waals surface area (Å²) in [6.07, 6.45) is 2.22. The molecule has 0 aromatic heterocycles. The van der Waals surface area contributed by atoms with E-state index < -0.39 is 0 Å². The number of hydrogen-bond donors (Lipinski definition) is 2. The summed E-state index contributed by atoms with van der Waals surface area (Å²) >= 11 is 0. The van der Waals surface area contributed by atoms with E-state index in [1.807, 2.05) is 0 Å². The van der Waals surface area contributed by atoms with Crippen LogP contribution in [0.3, 0.4) is 0 Å². The highest BCUT2D eigenvalue weighted by Gasteiger charge is 2.29. The molecule has 2 N–H and O–H groups in total. The molecule has 1 aromatic rings. The number of rotatable bonds is 7. The minimum Gasteiger partial charge on any atom is -0.373 e. The Morgan fingerprint density at radius 2 is 2.00 bits per heavy atom. The fraction of sp³-hybridized carbons (Fsp3) is 0.632. The van der Waals surface area contributed by atoms with Crippen LogP contribution in [-0.4, -0.2) is 56.8 Å². The van der Waals surface area contributed by atoms with Crippen molar-refractivity contribution in [2.45, 2.75) is 38.3 Å². The summed E-state index contributed by atoms with van der Waals surface area (Å²) in [5, 5.41) is 6.82. The van der Waals surface area contributed by atoms with Crippen molar-refractivity contribution in [1.29, 1.82) is 0 Å². The van der Waals surface area contributed by atoms with Gasteiger partial charge in [-0.25, -0.2) is 0 Å². The average molecular weight is 460 g/mol. The SMILES string of the molecule is CCNC(=NCC1(C)CCCO1)NCC(c1ccccc1)N(C)C.I. The Balaban J connectivity index is 0.00000312. The van der Waals surface area contributed by atoms with Gasteiger partial charge in [0.2, 0.25) is 0 Å². The zero-order chi connectivity index (χ0) is 17.4. The molecule has 6 heteroatoms. The van der Waals surface area contributed by atoms with Crippen molar-refractivity contribution in [2.75, 3.05) is 40.3 Å². The predicted octanol–water partition coefficient (Wildman–Crippen LogP) is 3.03. The Kier molecular flexibility index (Phi) is 9.74. The van der Waals surface area contributed by atoms with Crippen LogP contribution in [0.25, 0.3) is 0 Å². The van der Waals surface area contributed by atoms with Gasteiger partial charge in [0.05, 0.1) is 18.2 Å². The maximum absolute atomic E-state index is 5.83. The highest BCUT2D eigenvalue weighted by molar-refractivity contribution is 14.0. The van der Waals surface area contributed by atoms with Crippen molar-refractivity contribution in [2.24, 2.45) is 4.99 Å². The Morgan fingerprint density at radius 3 is 2.56 bits per heavy atom. The molecule has 0 radical (unpaired) electrons. The Hall–Kier alpha value is -0.860. The van der Waals surface area contributed by atoms with E-state index in [0.717, 1.165) is 38.5 Å². The molecule has 1 saturated heterocycles. The van der Waals surface area contributed by atoms with Crippen molar-refractivity contribution >= 4 is 29.9 Å². The van der Waals surface area contributed by atoms with Gasteiger partial charge in [0.15, 0.2) is 5.96 Å². The zero-order valence-corrected chi connectivity index (χ0v) is 18.2. The minimum atomic E-state index is -0.108. The summed E-state index contributed by atoms with van der Waals surface area (Å²) in [7, 11) is 4.22. The quantitative estimate of drug-likeness (QED) is 0.373. The zero-order valence-electron chi connectivity index (χ0n) is 15.9. The van der Waals surface area contributed by atoms with Gasteiger partial charge in [-0.15, -0.1) is 24.0 Å². The molecule has 0 saturated carbocycles. The second kappa shape index (κ2) is 11.0. The van der Waals surface area contributed by atoms with Crippen molar-refractivity contribution in [3.63, 3.8) is 0 Å². The first-order valence-corrected chi connectivity index (χ1v) is 8.91. The summed E-state index contributed by atoms with van der Waals surface area (Å²) in [4.78, 5) is 6.97. The van der Waals surface area contributed by atoms with Gasteiger partial charge >= 0.3 is 0 Å². The van der Waals surface area contributed by atoms with Crippen LogP contribution in [0.5, 0.6) is 0 Å². The van der Waals surface area contributed by atoms with Gasteiger partial charge in [0.1, 0.15) is 0 Å². The van der Waals surface area contributed by atoms with Crippen LogP contribution >= 0.6 is 24.0 Å². The molecule has 0 aliphatic carbocycles. The molecule has 2 unspecified atom stereocenters. The third-order valence-electron chi connectivity index (χ3n) is 4.49. The van der Waals surface area contributed by atoms with Gasteiger partial charge in [-0.1, -0.05) is 30.3 Å². The molecule has 2 rings (SSSR count). The number of benzene rings is 1. The summed E-state index contributed by atoms with van der Waals surface area (Å²) in [5.74, 6) is 0.858. The molecule has 0 bridgehead atoms. The largest absolute Gasteiger partial charge is 0.373 e. The van der Waals surface area contributed by atoms with Crippen LogP contribution in [0.2, 0.25) is 0 Å². The number of likely N-dealkylation sites (N-methyl/N-ethyl adjacent to an activating group) is 1. The Bertz CT molecular complexity index is 515. The van der Waals surface area contributed by atoms with E-state index in [4.69, 9.17) is 9.73 Å². The lowest BCUT2D eigenvalue weighted by Crippen LogP contribution is -2.42. The summed E-state index contributed by atoms with van der Waals surface area (Å²) in [6.45, 7) is 7.44. The molecular weight excluding hydrogens is 427 g/mol. The van der Waals surface area contributed by atoms with Crippen LogP contribution in [0, 0.1) is 0 Å². The lowest BCUT2D eigenvalue weighted by Gasteiger charge is -2.26. The van der Waals surface area contributed by atoms with Crippen molar-refractivity contribution < 1.29 is 4.74 Å². The van der Waals surface area contributed by atoms with E-state index in [1.165, 1.54) is 5.56 Å². The first kappa shape index (κ1) is 22.2. The van der Waals surface area contributed by atoms with Crippen LogP contribution in [0.4, 0.5) is 0 Å². The number of hydrogen-bond acceptors (Lipinski definition) is 3. The minimum absolute atomic E-state index is 0. The molecule has 0 amide bonds. The third-order valence-corrected chi connectivity index (χ3v) is 4.49. The molecule has 1 aliphatic heterocycles. The molecule has 2 atom stereocenters. The van der Waals surface area contributed by atoms with Gasteiger partial charge in [-0.2, -0.15) is 0 Å². The van der Waals surface area contributed by atoms with Crippen LogP contribution in [0.1, 0.15) is 38.3 Å². The molecule has 1 heterocycles. The molecule has 5 nitrogen and oxygen atoms in total. The lowest BCUT2D eigenvalue weighted by molar-refractivity contribution is 0.0283. The molecule has 0 spiro atoms. The fourth-order valence-corrected chi connectivity index (χ4v) is 3.02. The molecule has 142 valence electrons. The van der Waals surface area contributed by atoms with E-state index in [2.05, 4.69) is 73.8 Å². The maximum Gasteiger partial charge on any atom is 0.191 e. The van der Waals surface area contributed by atoms with Gasteiger partial charge in [0.25, 0.3) is 0 Å². The number of aliphatic imine (C=N–C) groups is 1. The van der Waals surface area contributed by atoms with Crippen LogP contribution in [-0.2, 0) is 4.74 Å². The van der Waals surface area contributed by atoms with E-state index in [9.17, 15) is 0 Å². The van der Waals surface area contributed by atoms with Gasteiger partial charge < -0.3 is 20.3 Å². The van der Waals surface area contributed by atoms with Crippen LogP contribution in [0.15, 0.2) is 35.3 Å². The Labute approximate surface area is 169 Å². The van der Waals surface area contributed by atoms with Gasteiger partial charge in [-0.3, -0.25) is 4.99 Å². The third kappa shape index (κ3) is 7.11.